The standard InChI is InChI=1S/C51H29N3OS2/c1-2-11-30(12-3-1)49-52-50(32-21-24-37-36-15-6-8-18-42(36)55-43(37)28-32)54-51(53-49)33-22-25-38-41-27-31(23-26-45(41)57-47(38)29-33)34-13-4-5-14-35(34)39-17-10-20-46-48(39)40-16-7-9-19-44(40)56-46/h1-29H. The van der Waals surface area contributed by atoms with Gasteiger partial charge in [0, 0.05) is 67.8 Å². The first-order valence-electron chi connectivity index (χ1n) is 18.9. The predicted octanol–water partition coefficient (Wildman–Crippen LogP) is 14.8. The molecule has 0 aliphatic rings. The number of fused-ring (bicyclic) bond motifs is 9. The fraction of sp³-hybridized carbons (Fsp3) is 0. The van der Waals surface area contributed by atoms with Crippen LogP contribution in [0.5, 0.6) is 0 Å². The molecule has 4 heterocycles. The second kappa shape index (κ2) is 12.8. The van der Waals surface area contributed by atoms with Crippen molar-refractivity contribution in [1.82, 2.24) is 15.0 Å². The van der Waals surface area contributed by atoms with Crippen LogP contribution in [0.2, 0.25) is 0 Å². The lowest BCUT2D eigenvalue weighted by Crippen LogP contribution is -2.00. The van der Waals surface area contributed by atoms with Crippen molar-refractivity contribution in [3.8, 4) is 56.4 Å². The highest BCUT2D eigenvalue weighted by atomic mass is 32.1. The van der Waals surface area contributed by atoms with Crippen LogP contribution in [0.3, 0.4) is 0 Å². The molecule has 8 aromatic carbocycles. The van der Waals surface area contributed by atoms with Crippen molar-refractivity contribution in [1.29, 1.82) is 0 Å². The van der Waals surface area contributed by atoms with Gasteiger partial charge in [0.1, 0.15) is 11.2 Å². The van der Waals surface area contributed by atoms with Gasteiger partial charge >= 0.3 is 0 Å². The minimum atomic E-state index is 0.604. The number of hydrogen-bond donors (Lipinski definition) is 0. The monoisotopic (exact) mass is 763 g/mol. The first-order valence-corrected chi connectivity index (χ1v) is 20.6. The van der Waals surface area contributed by atoms with Crippen molar-refractivity contribution < 1.29 is 4.42 Å². The third kappa shape index (κ3) is 5.30. The lowest BCUT2D eigenvalue weighted by atomic mass is 9.91. The number of hydrogen-bond acceptors (Lipinski definition) is 6. The molecular formula is C51H29N3OS2. The van der Waals surface area contributed by atoms with Crippen LogP contribution in [0.25, 0.3) is 119 Å². The maximum Gasteiger partial charge on any atom is 0.164 e. The molecule has 0 aliphatic carbocycles. The van der Waals surface area contributed by atoms with E-state index in [9.17, 15) is 0 Å². The molecule has 12 rings (SSSR count). The molecular weight excluding hydrogens is 735 g/mol. The Kier molecular flexibility index (Phi) is 7.24. The molecule has 6 heteroatoms. The van der Waals surface area contributed by atoms with E-state index in [4.69, 9.17) is 19.4 Å². The van der Waals surface area contributed by atoms with Crippen molar-refractivity contribution in [2.75, 3.05) is 0 Å². The molecule has 0 N–H and O–H groups in total. The first-order chi connectivity index (χ1) is 28.2. The maximum atomic E-state index is 6.25. The van der Waals surface area contributed by atoms with E-state index in [0.29, 0.717) is 17.5 Å². The zero-order valence-corrected chi connectivity index (χ0v) is 31.9. The van der Waals surface area contributed by atoms with Crippen LogP contribution in [0.15, 0.2) is 180 Å². The fourth-order valence-corrected chi connectivity index (χ4v) is 10.5. The highest BCUT2D eigenvalue weighted by molar-refractivity contribution is 7.26. The Morgan fingerprint density at radius 3 is 1.77 bits per heavy atom. The summed E-state index contributed by atoms with van der Waals surface area (Å²) in [6.45, 7) is 0. The Balaban J connectivity index is 0.972. The molecule has 57 heavy (non-hydrogen) atoms. The van der Waals surface area contributed by atoms with Crippen molar-refractivity contribution in [3.63, 3.8) is 0 Å². The molecule has 4 nitrogen and oxygen atoms in total. The van der Waals surface area contributed by atoms with E-state index in [2.05, 4.69) is 121 Å². The molecule has 0 radical (unpaired) electrons. The Morgan fingerprint density at radius 1 is 0.316 bits per heavy atom. The summed E-state index contributed by atoms with van der Waals surface area (Å²) in [5.41, 5.74) is 9.37. The van der Waals surface area contributed by atoms with Crippen LogP contribution in [-0.2, 0) is 0 Å². The number of benzene rings is 8. The molecule has 0 saturated carbocycles. The van der Waals surface area contributed by atoms with E-state index >= 15 is 0 Å². The summed E-state index contributed by atoms with van der Waals surface area (Å²) >= 11 is 3.66. The summed E-state index contributed by atoms with van der Waals surface area (Å²) < 4.78 is 11.3. The van der Waals surface area contributed by atoms with Crippen LogP contribution >= 0.6 is 22.7 Å². The minimum Gasteiger partial charge on any atom is -0.456 e. The van der Waals surface area contributed by atoms with Crippen LogP contribution in [0, 0.1) is 0 Å². The molecule has 0 unspecified atom stereocenters. The van der Waals surface area contributed by atoms with E-state index in [1.54, 1.807) is 11.3 Å². The molecule has 0 saturated heterocycles. The molecule has 0 bridgehead atoms. The topological polar surface area (TPSA) is 51.8 Å². The average molecular weight is 764 g/mol. The lowest BCUT2D eigenvalue weighted by molar-refractivity contribution is 0.669. The zero-order valence-electron chi connectivity index (χ0n) is 30.3. The van der Waals surface area contributed by atoms with Gasteiger partial charge < -0.3 is 4.42 Å². The van der Waals surface area contributed by atoms with E-state index in [1.807, 2.05) is 65.9 Å². The van der Waals surface area contributed by atoms with Crippen LogP contribution < -0.4 is 0 Å². The van der Waals surface area contributed by atoms with E-state index in [0.717, 1.165) is 38.6 Å². The smallest absolute Gasteiger partial charge is 0.164 e. The van der Waals surface area contributed by atoms with Gasteiger partial charge in [-0.2, -0.15) is 0 Å². The third-order valence-corrected chi connectivity index (χ3v) is 13.2. The normalized spacial score (nSPS) is 11.9. The highest BCUT2D eigenvalue weighted by Crippen LogP contribution is 2.44. The van der Waals surface area contributed by atoms with Gasteiger partial charge in [-0.05, 0) is 70.8 Å². The fourth-order valence-electron chi connectivity index (χ4n) is 8.27. The van der Waals surface area contributed by atoms with Gasteiger partial charge in [-0.15, -0.1) is 22.7 Å². The number of para-hydroxylation sites is 1. The Labute approximate surface area is 335 Å². The summed E-state index contributed by atoms with van der Waals surface area (Å²) in [4.78, 5) is 15.1. The van der Waals surface area contributed by atoms with Gasteiger partial charge in [0.25, 0.3) is 0 Å². The van der Waals surface area contributed by atoms with Crippen LogP contribution in [-0.4, -0.2) is 15.0 Å². The molecule has 0 amide bonds. The molecule has 0 aliphatic heterocycles. The molecule has 0 spiro atoms. The van der Waals surface area contributed by atoms with Gasteiger partial charge in [0.15, 0.2) is 17.5 Å². The number of nitrogens with zero attached hydrogens (tertiary/aromatic N) is 3. The van der Waals surface area contributed by atoms with Crippen molar-refractivity contribution >= 4 is 85.0 Å². The summed E-state index contributed by atoms with van der Waals surface area (Å²) in [6.07, 6.45) is 0. The number of thiophene rings is 2. The molecule has 12 aromatic rings. The summed E-state index contributed by atoms with van der Waals surface area (Å²) in [6, 6.07) is 62.2. The highest BCUT2D eigenvalue weighted by Gasteiger charge is 2.18. The Morgan fingerprint density at radius 2 is 0.912 bits per heavy atom. The molecule has 266 valence electrons. The van der Waals surface area contributed by atoms with Crippen molar-refractivity contribution in [2.45, 2.75) is 0 Å². The number of furan rings is 1. The van der Waals surface area contributed by atoms with Crippen molar-refractivity contribution in [3.05, 3.63) is 176 Å². The van der Waals surface area contributed by atoms with Gasteiger partial charge in [-0.3, -0.25) is 0 Å². The molecule has 0 fully saturated rings. The molecule has 4 aromatic heterocycles. The van der Waals surface area contributed by atoms with Crippen molar-refractivity contribution in [2.24, 2.45) is 0 Å². The maximum absolute atomic E-state index is 6.25. The number of rotatable bonds is 5. The summed E-state index contributed by atoms with van der Waals surface area (Å²) in [5, 5.41) is 7.27. The van der Waals surface area contributed by atoms with E-state index in [-0.39, 0.29) is 0 Å². The second-order valence-electron chi connectivity index (χ2n) is 14.3. The second-order valence-corrected chi connectivity index (χ2v) is 16.5. The third-order valence-electron chi connectivity index (χ3n) is 11.0. The largest absolute Gasteiger partial charge is 0.456 e. The minimum absolute atomic E-state index is 0.604. The summed E-state index contributed by atoms with van der Waals surface area (Å²) in [7, 11) is 0. The van der Waals surface area contributed by atoms with Crippen LogP contribution in [0.1, 0.15) is 0 Å². The van der Waals surface area contributed by atoms with Gasteiger partial charge in [0.05, 0.1) is 0 Å². The van der Waals surface area contributed by atoms with Crippen LogP contribution in [0.4, 0.5) is 0 Å². The summed E-state index contributed by atoms with van der Waals surface area (Å²) in [5.74, 6) is 1.87. The SMILES string of the molecule is c1ccc(-c2nc(-c3ccc4c(c3)oc3ccccc34)nc(-c3ccc4c(c3)sc3ccc(-c5ccccc5-c5cccc6sc7ccccc7c56)cc34)n2)cc1. The number of aromatic nitrogens is 3. The van der Waals surface area contributed by atoms with Gasteiger partial charge in [-0.25, -0.2) is 15.0 Å². The van der Waals surface area contributed by atoms with E-state index < -0.39 is 0 Å². The molecule has 0 atom stereocenters. The van der Waals surface area contributed by atoms with Gasteiger partial charge in [0.2, 0.25) is 0 Å². The average Bonchev–Trinajstić information content (AvgIpc) is 3.97. The van der Waals surface area contributed by atoms with E-state index in [1.165, 1.54) is 62.6 Å². The quantitative estimate of drug-likeness (QED) is 0.175. The Hall–Kier alpha value is -6.99. The zero-order chi connectivity index (χ0) is 37.5. The predicted molar refractivity (Wildman–Crippen MR) is 240 cm³/mol. The Bertz CT molecular complexity index is 3540. The van der Waals surface area contributed by atoms with Gasteiger partial charge in [-0.1, -0.05) is 127 Å². The lowest BCUT2D eigenvalue weighted by Gasteiger charge is -2.12. The first kappa shape index (κ1) is 32.3.